The molecule has 0 bridgehead atoms. The molecule has 0 aliphatic carbocycles. The van der Waals surface area contributed by atoms with Crippen molar-refractivity contribution >= 4 is 5.91 Å². The Morgan fingerprint density at radius 2 is 2.27 bits per heavy atom. The van der Waals surface area contributed by atoms with Crippen LogP contribution < -0.4 is 0 Å². The summed E-state index contributed by atoms with van der Waals surface area (Å²) in [6.07, 6.45) is 5.62. The summed E-state index contributed by atoms with van der Waals surface area (Å²) in [5.41, 5.74) is 1.62. The third kappa shape index (κ3) is 3.27. The van der Waals surface area contributed by atoms with Crippen LogP contribution >= 0.6 is 0 Å². The zero-order chi connectivity index (χ0) is 18.1. The van der Waals surface area contributed by atoms with E-state index in [9.17, 15) is 4.79 Å². The van der Waals surface area contributed by atoms with Crippen LogP contribution in [0.25, 0.3) is 0 Å². The van der Waals surface area contributed by atoms with Crippen LogP contribution in [0.15, 0.2) is 42.7 Å². The molecule has 2 atom stereocenters. The van der Waals surface area contributed by atoms with E-state index in [0.29, 0.717) is 12.6 Å². The van der Waals surface area contributed by atoms with Crippen molar-refractivity contribution in [3.8, 4) is 0 Å². The molecule has 1 amide bonds. The minimum atomic E-state index is -0.191. The molecule has 6 heteroatoms. The van der Waals surface area contributed by atoms with Gasteiger partial charge >= 0.3 is 0 Å². The first-order valence-corrected chi connectivity index (χ1v) is 9.21. The zero-order valence-electron chi connectivity index (χ0n) is 15.5. The minimum Gasteiger partial charge on any atom is -0.371 e. The maximum absolute atomic E-state index is 12.8. The highest BCUT2D eigenvalue weighted by atomic mass is 16.5. The van der Waals surface area contributed by atoms with Gasteiger partial charge in [-0.05, 0) is 44.2 Å². The Morgan fingerprint density at radius 1 is 1.38 bits per heavy atom. The molecule has 2 aliphatic rings. The molecule has 1 spiro atoms. The van der Waals surface area contributed by atoms with Gasteiger partial charge in [-0.15, -0.1) is 0 Å². The van der Waals surface area contributed by atoms with Crippen molar-refractivity contribution in [1.29, 1.82) is 0 Å². The van der Waals surface area contributed by atoms with Crippen molar-refractivity contribution in [3.05, 3.63) is 54.1 Å². The first kappa shape index (κ1) is 17.2. The van der Waals surface area contributed by atoms with Gasteiger partial charge in [-0.1, -0.05) is 6.07 Å². The van der Waals surface area contributed by atoms with Crippen molar-refractivity contribution in [2.75, 3.05) is 26.7 Å². The molecule has 0 unspecified atom stereocenters. The molecule has 2 fully saturated rings. The molecule has 0 saturated carbocycles. The van der Waals surface area contributed by atoms with E-state index in [0.717, 1.165) is 43.9 Å². The fourth-order valence-electron chi connectivity index (χ4n) is 4.13. The third-order valence-electron chi connectivity index (χ3n) is 5.72. The van der Waals surface area contributed by atoms with E-state index in [1.165, 1.54) is 0 Å². The van der Waals surface area contributed by atoms with Crippen LogP contribution in [0.4, 0.5) is 0 Å². The lowest BCUT2D eigenvalue weighted by Crippen LogP contribution is -2.38. The maximum atomic E-state index is 12.8. The molecular formula is C20H26N4O2. The average Bonchev–Trinajstić information content (AvgIpc) is 3.37. The summed E-state index contributed by atoms with van der Waals surface area (Å²) in [5.74, 6) is 0.100. The number of amides is 1. The maximum Gasteiger partial charge on any atom is 0.270 e. The van der Waals surface area contributed by atoms with Gasteiger partial charge in [0.15, 0.2) is 0 Å². The highest BCUT2D eigenvalue weighted by molar-refractivity contribution is 5.93. The number of likely N-dealkylation sites (N-methyl/N-ethyl adjacent to an activating group) is 1. The largest absolute Gasteiger partial charge is 0.371 e. The molecule has 0 radical (unpaired) electrons. The topological polar surface area (TPSA) is 50.6 Å². The number of hydrogen-bond acceptors (Lipinski definition) is 4. The smallest absolute Gasteiger partial charge is 0.270 e. The highest BCUT2D eigenvalue weighted by Gasteiger charge is 2.47. The predicted octanol–water partition coefficient (Wildman–Crippen LogP) is 1.93. The number of rotatable bonds is 4. The van der Waals surface area contributed by atoms with Gasteiger partial charge in [-0.2, -0.15) is 0 Å². The molecule has 0 aromatic carbocycles. The Bertz CT molecular complexity index is 775. The number of carbonyl (C=O) groups excluding carboxylic acids is 1. The molecule has 138 valence electrons. The second kappa shape index (κ2) is 6.85. The van der Waals surface area contributed by atoms with E-state index in [4.69, 9.17) is 4.74 Å². The van der Waals surface area contributed by atoms with Crippen molar-refractivity contribution in [3.63, 3.8) is 0 Å². The zero-order valence-corrected chi connectivity index (χ0v) is 15.5. The molecule has 2 aromatic rings. The first-order valence-electron chi connectivity index (χ1n) is 9.21. The van der Waals surface area contributed by atoms with E-state index in [-0.39, 0.29) is 11.5 Å². The number of ether oxygens (including phenoxy) is 1. The Kier molecular flexibility index (Phi) is 4.54. The van der Waals surface area contributed by atoms with Gasteiger partial charge in [-0.25, -0.2) is 0 Å². The van der Waals surface area contributed by atoms with Gasteiger partial charge in [0.05, 0.1) is 24.4 Å². The monoisotopic (exact) mass is 354 g/mol. The number of hydrogen-bond donors (Lipinski definition) is 0. The fraction of sp³-hybridized carbons (Fsp3) is 0.500. The van der Waals surface area contributed by atoms with E-state index in [1.807, 2.05) is 53.2 Å². The third-order valence-corrected chi connectivity index (χ3v) is 5.72. The summed E-state index contributed by atoms with van der Waals surface area (Å²) in [7, 11) is 4.04. The van der Waals surface area contributed by atoms with Crippen molar-refractivity contribution in [1.82, 2.24) is 19.4 Å². The van der Waals surface area contributed by atoms with Crippen LogP contribution in [-0.2, 0) is 18.3 Å². The van der Waals surface area contributed by atoms with Crippen molar-refractivity contribution in [2.45, 2.75) is 31.0 Å². The first-order chi connectivity index (χ1) is 12.6. The highest BCUT2D eigenvalue weighted by Crippen LogP contribution is 2.37. The summed E-state index contributed by atoms with van der Waals surface area (Å²) in [6, 6.07) is 10.2. The molecule has 4 rings (SSSR count). The van der Waals surface area contributed by atoms with Crippen LogP contribution in [0, 0.1) is 0 Å². The lowest BCUT2D eigenvalue weighted by atomic mass is 9.96. The summed E-state index contributed by atoms with van der Waals surface area (Å²) in [5, 5.41) is 0. The predicted molar refractivity (Wildman–Crippen MR) is 98.7 cm³/mol. The average molecular weight is 354 g/mol. The lowest BCUT2D eigenvalue weighted by Gasteiger charge is -2.26. The number of pyridine rings is 1. The Balaban J connectivity index is 1.37. The van der Waals surface area contributed by atoms with Gasteiger partial charge < -0.3 is 14.2 Å². The van der Waals surface area contributed by atoms with E-state index in [1.54, 1.807) is 0 Å². The van der Waals surface area contributed by atoms with Gasteiger partial charge in [0.2, 0.25) is 0 Å². The fourth-order valence-corrected chi connectivity index (χ4v) is 4.13. The van der Waals surface area contributed by atoms with Gasteiger partial charge in [0.25, 0.3) is 5.91 Å². The van der Waals surface area contributed by atoms with Crippen LogP contribution in [0.1, 0.15) is 29.0 Å². The molecule has 2 aromatic heterocycles. The number of aromatic nitrogens is 2. The minimum absolute atomic E-state index is 0.100. The van der Waals surface area contributed by atoms with E-state index in [2.05, 4.69) is 23.0 Å². The number of carbonyl (C=O) groups is 1. The Labute approximate surface area is 154 Å². The van der Waals surface area contributed by atoms with Crippen LogP contribution in [0.3, 0.4) is 0 Å². The van der Waals surface area contributed by atoms with Gasteiger partial charge in [0, 0.05) is 38.6 Å². The molecule has 2 saturated heterocycles. The molecule has 2 aliphatic heterocycles. The van der Waals surface area contributed by atoms with Crippen LogP contribution in [0.2, 0.25) is 0 Å². The molecule has 26 heavy (non-hydrogen) atoms. The van der Waals surface area contributed by atoms with E-state index >= 15 is 0 Å². The quantitative estimate of drug-likeness (QED) is 0.842. The number of likely N-dealkylation sites (tertiary alicyclic amines) is 1. The molecule has 0 N–H and O–H groups in total. The Hall–Kier alpha value is -2.18. The SMILES string of the molecule is CN(Cc1ccccn1)[C@H]1CO[C@@]2(CCN(C(=O)c3cccn3C)C2)C1. The Morgan fingerprint density at radius 3 is 3.00 bits per heavy atom. The molecule has 4 heterocycles. The van der Waals surface area contributed by atoms with Gasteiger partial charge in [-0.3, -0.25) is 14.7 Å². The summed E-state index contributed by atoms with van der Waals surface area (Å²) in [6.45, 7) is 2.98. The standard InChI is InChI=1S/C20H26N4O2/c1-22-10-5-7-18(22)19(25)24-11-8-20(15-24)12-17(14-26-20)23(2)13-16-6-3-4-9-21-16/h3-7,9-10,17H,8,11-15H2,1-2H3/t17-,20+/m1/s1. The number of nitrogens with zero attached hydrogens (tertiary/aromatic N) is 4. The van der Waals surface area contributed by atoms with Crippen molar-refractivity contribution < 1.29 is 9.53 Å². The van der Waals surface area contributed by atoms with E-state index < -0.39 is 0 Å². The van der Waals surface area contributed by atoms with Gasteiger partial charge in [0.1, 0.15) is 5.69 Å². The second-order valence-electron chi connectivity index (χ2n) is 7.57. The normalized spacial score (nSPS) is 25.5. The summed E-state index contributed by atoms with van der Waals surface area (Å²) in [4.78, 5) is 21.4. The molecular weight excluding hydrogens is 328 g/mol. The summed E-state index contributed by atoms with van der Waals surface area (Å²) < 4.78 is 8.12. The van der Waals surface area contributed by atoms with Crippen LogP contribution in [0.5, 0.6) is 0 Å². The molecule has 6 nitrogen and oxygen atoms in total. The summed E-state index contributed by atoms with van der Waals surface area (Å²) >= 11 is 0. The van der Waals surface area contributed by atoms with Crippen LogP contribution in [-0.4, -0.2) is 63.6 Å². The second-order valence-corrected chi connectivity index (χ2v) is 7.57. The number of aryl methyl sites for hydroxylation is 1. The lowest BCUT2D eigenvalue weighted by molar-refractivity contribution is 0.0107. The van der Waals surface area contributed by atoms with Crippen molar-refractivity contribution in [2.24, 2.45) is 7.05 Å².